The summed E-state index contributed by atoms with van der Waals surface area (Å²) in [7, 11) is 1.95. The topological polar surface area (TPSA) is 55.6 Å². The molecule has 0 saturated carbocycles. The summed E-state index contributed by atoms with van der Waals surface area (Å²) in [6.45, 7) is 4.99. The molecular formula is C13H15N5S. The number of anilines is 1. The minimum Gasteiger partial charge on any atom is -0.370 e. The van der Waals surface area contributed by atoms with Gasteiger partial charge in [-0.1, -0.05) is 0 Å². The minimum absolute atomic E-state index is 0.713. The van der Waals surface area contributed by atoms with Gasteiger partial charge < -0.3 is 9.88 Å². The van der Waals surface area contributed by atoms with Crippen molar-refractivity contribution in [1.29, 1.82) is 0 Å². The van der Waals surface area contributed by atoms with E-state index in [0.717, 1.165) is 28.3 Å². The number of thiophene rings is 1. The zero-order chi connectivity index (χ0) is 13.4. The number of nitrogens with zero attached hydrogens (tertiary/aromatic N) is 4. The van der Waals surface area contributed by atoms with Gasteiger partial charge in [0, 0.05) is 18.5 Å². The Hall–Kier alpha value is -1.95. The molecule has 0 aliphatic carbocycles. The lowest BCUT2D eigenvalue weighted by atomic mass is 10.3. The second-order valence-corrected chi connectivity index (χ2v) is 5.63. The summed E-state index contributed by atoms with van der Waals surface area (Å²) in [6, 6.07) is 2.13. The second-order valence-electron chi connectivity index (χ2n) is 4.39. The van der Waals surface area contributed by atoms with Crippen LogP contribution in [0.15, 0.2) is 18.6 Å². The molecule has 0 unspecified atom stereocenters. The van der Waals surface area contributed by atoms with Crippen molar-refractivity contribution in [3.8, 4) is 11.5 Å². The van der Waals surface area contributed by atoms with Gasteiger partial charge in [-0.15, -0.1) is 11.3 Å². The average Bonchev–Trinajstić information content (AvgIpc) is 2.94. The standard InChI is InChI=1S/C13H15N5S/c1-4-15-11-9-5-8(2)19-13(9)17-12(16-11)10-6-14-7-18(10)3/h5-7H,4H2,1-3H3,(H,15,16,17). The maximum Gasteiger partial charge on any atom is 0.181 e. The first-order valence-corrected chi connectivity index (χ1v) is 6.99. The maximum absolute atomic E-state index is 4.65. The van der Waals surface area contributed by atoms with Crippen LogP contribution in [-0.4, -0.2) is 26.1 Å². The zero-order valence-electron chi connectivity index (χ0n) is 11.1. The highest BCUT2D eigenvalue weighted by Gasteiger charge is 2.13. The van der Waals surface area contributed by atoms with E-state index in [9.17, 15) is 0 Å². The van der Waals surface area contributed by atoms with Gasteiger partial charge in [-0.25, -0.2) is 15.0 Å². The molecule has 98 valence electrons. The summed E-state index contributed by atoms with van der Waals surface area (Å²) < 4.78 is 1.93. The largest absolute Gasteiger partial charge is 0.370 e. The highest BCUT2D eigenvalue weighted by Crippen LogP contribution is 2.30. The summed E-state index contributed by atoms with van der Waals surface area (Å²) in [5, 5.41) is 4.40. The molecule has 0 aliphatic rings. The van der Waals surface area contributed by atoms with Crippen LogP contribution in [0.2, 0.25) is 0 Å². The Morgan fingerprint density at radius 2 is 2.21 bits per heavy atom. The third-order valence-electron chi connectivity index (χ3n) is 2.91. The van der Waals surface area contributed by atoms with Gasteiger partial charge in [-0.3, -0.25) is 0 Å². The summed E-state index contributed by atoms with van der Waals surface area (Å²) in [5.74, 6) is 1.61. The zero-order valence-corrected chi connectivity index (χ0v) is 12.0. The predicted octanol–water partition coefficient (Wildman–Crippen LogP) is 2.83. The minimum atomic E-state index is 0.713. The number of rotatable bonds is 3. The van der Waals surface area contributed by atoms with Crippen LogP contribution in [-0.2, 0) is 7.05 Å². The normalized spacial score (nSPS) is 11.1. The Kier molecular flexibility index (Phi) is 2.94. The van der Waals surface area contributed by atoms with Gasteiger partial charge in [0.1, 0.15) is 16.3 Å². The van der Waals surface area contributed by atoms with Crippen LogP contribution in [0.25, 0.3) is 21.7 Å². The monoisotopic (exact) mass is 273 g/mol. The summed E-state index contributed by atoms with van der Waals surface area (Å²) in [6.07, 6.45) is 3.55. The van der Waals surface area contributed by atoms with Crippen LogP contribution in [0.3, 0.4) is 0 Å². The number of nitrogens with one attached hydrogen (secondary N) is 1. The van der Waals surface area contributed by atoms with Crippen molar-refractivity contribution in [2.24, 2.45) is 7.05 Å². The van der Waals surface area contributed by atoms with Crippen LogP contribution in [0.5, 0.6) is 0 Å². The number of aromatic nitrogens is 4. The predicted molar refractivity (Wildman–Crippen MR) is 78.5 cm³/mol. The second kappa shape index (κ2) is 4.62. The average molecular weight is 273 g/mol. The summed E-state index contributed by atoms with van der Waals surface area (Å²) >= 11 is 1.69. The third kappa shape index (κ3) is 2.08. The molecule has 0 spiro atoms. The number of hydrogen-bond donors (Lipinski definition) is 1. The van der Waals surface area contributed by atoms with Gasteiger partial charge in [-0.05, 0) is 19.9 Å². The van der Waals surface area contributed by atoms with Crippen LogP contribution in [0, 0.1) is 6.92 Å². The Bertz CT molecular complexity index is 728. The number of aryl methyl sites for hydroxylation is 2. The number of imidazole rings is 1. The molecule has 3 rings (SSSR count). The van der Waals surface area contributed by atoms with Crippen molar-refractivity contribution in [2.45, 2.75) is 13.8 Å². The first kappa shape index (κ1) is 12.1. The lowest BCUT2D eigenvalue weighted by Gasteiger charge is -2.07. The fraction of sp³-hybridized carbons (Fsp3) is 0.308. The van der Waals surface area contributed by atoms with Crippen LogP contribution in [0.1, 0.15) is 11.8 Å². The lowest BCUT2D eigenvalue weighted by Crippen LogP contribution is -2.03. The molecule has 0 fully saturated rings. The molecule has 0 bridgehead atoms. The Morgan fingerprint density at radius 1 is 1.37 bits per heavy atom. The van der Waals surface area contributed by atoms with Gasteiger partial charge in [0.05, 0.1) is 17.9 Å². The summed E-state index contributed by atoms with van der Waals surface area (Å²) in [5.41, 5.74) is 0.923. The van der Waals surface area contributed by atoms with E-state index in [4.69, 9.17) is 0 Å². The Morgan fingerprint density at radius 3 is 2.89 bits per heavy atom. The van der Waals surface area contributed by atoms with Gasteiger partial charge in [0.25, 0.3) is 0 Å². The Balaban J connectivity index is 2.24. The summed E-state index contributed by atoms with van der Waals surface area (Å²) in [4.78, 5) is 15.7. The Labute approximate surface area is 115 Å². The molecule has 5 nitrogen and oxygen atoms in total. The molecule has 3 aromatic heterocycles. The van der Waals surface area contributed by atoms with Crippen LogP contribution < -0.4 is 5.32 Å². The van der Waals surface area contributed by atoms with E-state index >= 15 is 0 Å². The van der Waals surface area contributed by atoms with Crippen molar-refractivity contribution in [3.63, 3.8) is 0 Å². The number of hydrogen-bond acceptors (Lipinski definition) is 5. The fourth-order valence-electron chi connectivity index (χ4n) is 2.03. The van der Waals surface area contributed by atoms with Crippen molar-refractivity contribution < 1.29 is 0 Å². The SMILES string of the molecule is CCNc1nc(-c2cncn2C)nc2sc(C)cc12. The molecule has 6 heteroatoms. The molecule has 1 N–H and O–H groups in total. The lowest BCUT2D eigenvalue weighted by molar-refractivity contribution is 0.910. The van der Waals surface area contributed by atoms with Crippen molar-refractivity contribution in [1.82, 2.24) is 19.5 Å². The third-order valence-corrected chi connectivity index (χ3v) is 3.85. The quantitative estimate of drug-likeness (QED) is 0.797. The molecule has 0 aliphatic heterocycles. The molecule has 0 atom stereocenters. The smallest absolute Gasteiger partial charge is 0.181 e. The molecule has 19 heavy (non-hydrogen) atoms. The van der Waals surface area contributed by atoms with E-state index in [0.29, 0.717) is 5.82 Å². The van der Waals surface area contributed by atoms with E-state index in [-0.39, 0.29) is 0 Å². The molecule has 0 aromatic carbocycles. The molecule has 0 amide bonds. The highest BCUT2D eigenvalue weighted by atomic mass is 32.1. The molecule has 3 heterocycles. The highest BCUT2D eigenvalue weighted by molar-refractivity contribution is 7.18. The number of fused-ring (bicyclic) bond motifs is 1. The van der Waals surface area contributed by atoms with Gasteiger partial charge in [0.2, 0.25) is 0 Å². The van der Waals surface area contributed by atoms with Gasteiger partial charge >= 0.3 is 0 Å². The van der Waals surface area contributed by atoms with Crippen LogP contribution in [0.4, 0.5) is 5.82 Å². The van der Waals surface area contributed by atoms with E-state index in [1.54, 1.807) is 23.9 Å². The fourth-order valence-corrected chi connectivity index (χ4v) is 2.91. The maximum atomic E-state index is 4.65. The molecule has 3 aromatic rings. The van der Waals surface area contributed by atoms with Crippen molar-refractivity contribution in [2.75, 3.05) is 11.9 Å². The van der Waals surface area contributed by atoms with Crippen molar-refractivity contribution in [3.05, 3.63) is 23.5 Å². The molecule has 0 saturated heterocycles. The van der Waals surface area contributed by atoms with Gasteiger partial charge in [-0.2, -0.15) is 0 Å². The first-order chi connectivity index (χ1) is 9.19. The van der Waals surface area contributed by atoms with E-state index in [2.05, 4.69) is 40.2 Å². The first-order valence-electron chi connectivity index (χ1n) is 6.17. The molecular weight excluding hydrogens is 258 g/mol. The van der Waals surface area contributed by atoms with Crippen LogP contribution >= 0.6 is 11.3 Å². The van der Waals surface area contributed by atoms with Gasteiger partial charge in [0.15, 0.2) is 5.82 Å². The van der Waals surface area contributed by atoms with Crippen molar-refractivity contribution >= 4 is 27.4 Å². The molecule has 0 radical (unpaired) electrons. The van der Waals surface area contributed by atoms with E-state index < -0.39 is 0 Å². The van der Waals surface area contributed by atoms with E-state index in [1.807, 2.05) is 11.6 Å². The van der Waals surface area contributed by atoms with E-state index in [1.165, 1.54) is 4.88 Å².